The minimum Gasteiger partial charge on any atom is -0.379 e. The van der Waals surface area contributed by atoms with Crippen molar-refractivity contribution in [2.24, 2.45) is 11.3 Å². The third kappa shape index (κ3) is 5.70. The van der Waals surface area contributed by atoms with E-state index >= 15 is 0 Å². The van der Waals surface area contributed by atoms with Crippen LogP contribution in [0.3, 0.4) is 0 Å². The smallest absolute Gasteiger partial charge is 0.258 e. The molecule has 1 fully saturated rings. The molecule has 1 saturated heterocycles. The van der Waals surface area contributed by atoms with Crippen LogP contribution >= 0.6 is 11.3 Å². The van der Waals surface area contributed by atoms with Gasteiger partial charge >= 0.3 is 0 Å². The Morgan fingerprint density at radius 1 is 1.15 bits per heavy atom. The maximum absolute atomic E-state index is 13.6. The quantitative estimate of drug-likeness (QED) is 0.608. The summed E-state index contributed by atoms with van der Waals surface area (Å²) in [5.74, 6) is 0.359. The van der Waals surface area contributed by atoms with E-state index in [2.05, 4.69) is 43.2 Å². The molecule has 7 heteroatoms. The summed E-state index contributed by atoms with van der Waals surface area (Å²) in [5.41, 5.74) is 3.91. The molecule has 1 aromatic heterocycles. The molecular weight excluding hydrogens is 446 g/mol. The summed E-state index contributed by atoms with van der Waals surface area (Å²) in [5, 5.41) is 6.92. The first-order valence-electron chi connectivity index (χ1n) is 12.4. The molecule has 4 rings (SSSR count). The molecule has 2 heterocycles. The summed E-state index contributed by atoms with van der Waals surface area (Å²) in [4.78, 5) is 29.9. The third-order valence-electron chi connectivity index (χ3n) is 7.09. The highest BCUT2D eigenvalue weighted by Gasteiger charge is 2.34. The van der Waals surface area contributed by atoms with Crippen molar-refractivity contribution in [3.05, 3.63) is 45.8 Å². The summed E-state index contributed by atoms with van der Waals surface area (Å²) < 4.78 is 5.39. The van der Waals surface area contributed by atoms with Gasteiger partial charge in [-0.25, -0.2) is 0 Å². The van der Waals surface area contributed by atoms with Gasteiger partial charge in [0.25, 0.3) is 5.91 Å². The molecule has 2 aromatic rings. The van der Waals surface area contributed by atoms with Crippen LogP contribution in [0.1, 0.15) is 60.5 Å². The molecule has 2 N–H and O–H groups in total. The van der Waals surface area contributed by atoms with Crippen LogP contribution in [0.4, 0.5) is 10.7 Å². The van der Waals surface area contributed by atoms with E-state index in [-0.39, 0.29) is 17.2 Å². The van der Waals surface area contributed by atoms with Crippen molar-refractivity contribution in [3.63, 3.8) is 0 Å². The van der Waals surface area contributed by atoms with Crippen molar-refractivity contribution in [3.8, 4) is 0 Å². The molecule has 1 aliphatic heterocycles. The Morgan fingerprint density at radius 2 is 1.88 bits per heavy atom. The van der Waals surface area contributed by atoms with Crippen molar-refractivity contribution >= 4 is 33.8 Å². The Hall–Kier alpha value is -2.22. The van der Waals surface area contributed by atoms with E-state index < -0.39 is 0 Å². The number of nitrogens with one attached hydrogen (secondary N) is 2. The number of amides is 2. The van der Waals surface area contributed by atoms with E-state index in [9.17, 15) is 9.59 Å². The summed E-state index contributed by atoms with van der Waals surface area (Å²) >= 11 is 1.59. The molecule has 0 spiro atoms. The molecule has 1 atom stereocenters. The highest BCUT2D eigenvalue weighted by atomic mass is 32.1. The van der Waals surface area contributed by atoms with Crippen molar-refractivity contribution < 1.29 is 14.3 Å². The molecule has 2 amide bonds. The monoisotopic (exact) mass is 483 g/mol. The molecule has 184 valence electrons. The number of aryl methyl sites for hydroxylation is 1. The minimum absolute atomic E-state index is 0.0733. The number of rotatable bonds is 6. The van der Waals surface area contributed by atoms with Crippen LogP contribution in [0.2, 0.25) is 0 Å². The van der Waals surface area contributed by atoms with Gasteiger partial charge < -0.3 is 15.4 Å². The number of para-hydroxylation sites is 1. The molecule has 0 radical (unpaired) electrons. The molecule has 1 aliphatic carbocycles. The zero-order valence-electron chi connectivity index (χ0n) is 20.8. The SMILES string of the molecule is CCc1ccccc1NC(=O)c1c(NC(=O)CN2CCOCC2)sc2c1CC[C@H](C(C)(C)C)C2. The highest BCUT2D eigenvalue weighted by molar-refractivity contribution is 7.17. The van der Waals surface area contributed by atoms with Gasteiger partial charge in [-0.2, -0.15) is 0 Å². The molecule has 34 heavy (non-hydrogen) atoms. The van der Waals surface area contributed by atoms with Crippen LogP contribution in [0.25, 0.3) is 0 Å². The topological polar surface area (TPSA) is 70.7 Å². The zero-order valence-corrected chi connectivity index (χ0v) is 21.6. The fourth-order valence-electron chi connectivity index (χ4n) is 4.92. The Kier molecular flexibility index (Phi) is 7.75. The Morgan fingerprint density at radius 3 is 2.59 bits per heavy atom. The van der Waals surface area contributed by atoms with Gasteiger partial charge in [0.15, 0.2) is 0 Å². The summed E-state index contributed by atoms with van der Waals surface area (Å²) in [6.45, 7) is 12.1. The van der Waals surface area contributed by atoms with Gasteiger partial charge in [-0.05, 0) is 54.2 Å². The lowest BCUT2D eigenvalue weighted by Crippen LogP contribution is -2.41. The van der Waals surface area contributed by atoms with Gasteiger partial charge in [0.2, 0.25) is 5.91 Å². The third-order valence-corrected chi connectivity index (χ3v) is 8.26. The van der Waals surface area contributed by atoms with Gasteiger partial charge in [-0.15, -0.1) is 11.3 Å². The average molecular weight is 484 g/mol. The second-order valence-electron chi connectivity index (χ2n) is 10.4. The van der Waals surface area contributed by atoms with E-state index in [1.54, 1.807) is 11.3 Å². The number of benzene rings is 1. The largest absolute Gasteiger partial charge is 0.379 e. The van der Waals surface area contributed by atoms with Crippen LogP contribution < -0.4 is 10.6 Å². The Labute approximate surface area is 207 Å². The predicted octanol–water partition coefficient (Wildman–Crippen LogP) is 4.98. The number of ether oxygens (including phenoxy) is 1. The van der Waals surface area contributed by atoms with Gasteiger partial charge in [-0.1, -0.05) is 45.9 Å². The first-order chi connectivity index (χ1) is 16.3. The molecule has 6 nitrogen and oxygen atoms in total. The number of fused-ring (bicyclic) bond motifs is 1. The van der Waals surface area contributed by atoms with Crippen LogP contribution in [-0.4, -0.2) is 49.6 Å². The first kappa shape index (κ1) is 24.9. The van der Waals surface area contributed by atoms with E-state index in [4.69, 9.17) is 4.74 Å². The van der Waals surface area contributed by atoms with E-state index in [1.165, 1.54) is 4.88 Å². The van der Waals surface area contributed by atoms with Crippen molar-refractivity contribution in [2.45, 2.75) is 53.4 Å². The lowest BCUT2D eigenvalue weighted by Gasteiger charge is -2.33. The summed E-state index contributed by atoms with van der Waals surface area (Å²) in [6.07, 6.45) is 3.72. The lowest BCUT2D eigenvalue weighted by molar-refractivity contribution is -0.118. The predicted molar refractivity (Wildman–Crippen MR) is 139 cm³/mol. The first-order valence-corrected chi connectivity index (χ1v) is 13.2. The lowest BCUT2D eigenvalue weighted by atomic mass is 9.72. The molecule has 0 unspecified atom stereocenters. The van der Waals surface area contributed by atoms with Crippen LogP contribution in [0.5, 0.6) is 0 Å². The summed E-state index contributed by atoms with van der Waals surface area (Å²) in [6, 6.07) is 7.92. The average Bonchev–Trinajstić information content (AvgIpc) is 3.16. The molecular formula is C27H37N3O3S. The second-order valence-corrected chi connectivity index (χ2v) is 11.5. The maximum atomic E-state index is 13.6. The van der Waals surface area contributed by atoms with E-state index in [0.29, 0.717) is 36.2 Å². The highest BCUT2D eigenvalue weighted by Crippen LogP contribution is 2.44. The van der Waals surface area contributed by atoms with E-state index in [1.807, 2.05) is 24.3 Å². The van der Waals surface area contributed by atoms with Crippen molar-refractivity contribution in [1.29, 1.82) is 0 Å². The number of thiophene rings is 1. The van der Waals surface area contributed by atoms with Crippen molar-refractivity contribution in [2.75, 3.05) is 43.5 Å². The fraction of sp³-hybridized carbons (Fsp3) is 0.556. The number of anilines is 2. The zero-order chi connectivity index (χ0) is 24.3. The van der Waals surface area contributed by atoms with E-state index in [0.717, 1.165) is 55.6 Å². The van der Waals surface area contributed by atoms with Gasteiger partial charge in [0.1, 0.15) is 5.00 Å². The summed E-state index contributed by atoms with van der Waals surface area (Å²) in [7, 11) is 0. The van der Waals surface area contributed by atoms with Gasteiger partial charge in [-0.3, -0.25) is 14.5 Å². The molecule has 0 saturated carbocycles. The van der Waals surface area contributed by atoms with Crippen LogP contribution in [-0.2, 0) is 28.8 Å². The number of carbonyl (C=O) groups excluding carboxylic acids is 2. The minimum atomic E-state index is -0.130. The molecule has 2 aliphatic rings. The fourth-order valence-corrected chi connectivity index (χ4v) is 6.26. The Bertz CT molecular complexity index is 1030. The van der Waals surface area contributed by atoms with Gasteiger partial charge in [0, 0.05) is 23.7 Å². The van der Waals surface area contributed by atoms with Crippen molar-refractivity contribution in [1.82, 2.24) is 4.90 Å². The number of hydrogen-bond acceptors (Lipinski definition) is 5. The van der Waals surface area contributed by atoms with Crippen LogP contribution in [0.15, 0.2) is 24.3 Å². The second kappa shape index (κ2) is 10.6. The van der Waals surface area contributed by atoms with Crippen LogP contribution in [0, 0.1) is 11.3 Å². The molecule has 0 bridgehead atoms. The number of carbonyl (C=O) groups is 2. The number of morpholine rings is 1. The standard InChI is InChI=1S/C27H37N3O3S/c1-5-18-8-6-7-9-21(18)28-25(32)24-20-11-10-19(27(2,3)4)16-22(20)34-26(24)29-23(31)17-30-12-14-33-15-13-30/h6-9,19H,5,10-17H2,1-4H3,(H,28,32)(H,29,31)/t19-/m0/s1. The number of hydrogen-bond donors (Lipinski definition) is 2. The number of nitrogens with zero attached hydrogens (tertiary/aromatic N) is 1. The Balaban J connectivity index is 1.61. The maximum Gasteiger partial charge on any atom is 0.258 e. The molecule has 1 aromatic carbocycles. The normalized spacial score (nSPS) is 18.9. The van der Waals surface area contributed by atoms with Gasteiger partial charge in [0.05, 0.1) is 25.3 Å².